The second kappa shape index (κ2) is 6.50. The molecule has 18 heavy (non-hydrogen) atoms. The molecular formula is C13H19ClN2O2. The van der Waals surface area contributed by atoms with Crippen molar-refractivity contribution in [3.05, 3.63) is 18.2 Å². The number of benzene rings is 1. The van der Waals surface area contributed by atoms with E-state index < -0.39 is 0 Å². The number of ether oxygens (including phenoxy) is 1. The Morgan fingerprint density at radius 2 is 2.06 bits per heavy atom. The van der Waals surface area contributed by atoms with Gasteiger partial charge in [-0.1, -0.05) is 12.8 Å². The van der Waals surface area contributed by atoms with Gasteiger partial charge >= 0.3 is 0 Å². The second-order valence-corrected chi connectivity index (χ2v) is 4.43. The maximum Gasteiger partial charge on any atom is 0.227 e. The highest BCUT2D eigenvalue weighted by Crippen LogP contribution is 2.28. The number of nitrogen functional groups attached to an aromatic ring is 1. The van der Waals surface area contributed by atoms with Gasteiger partial charge in [-0.25, -0.2) is 0 Å². The number of anilines is 2. The summed E-state index contributed by atoms with van der Waals surface area (Å²) in [4.78, 5) is 11.9. The topological polar surface area (TPSA) is 64.3 Å². The molecule has 3 N–H and O–H groups in total. The van der Waals surface area contributed by atoms with Gasteiger partial charge in [-0.3, -0.25) is 4.79 Å². The summed E-state index contributed by atoms with van der Waals surface area (Å²) in [5.74, 6) is 0.897. The van der Waals surface area contributed by atoms with Crippen molar-refractivity contribution in [3.63, 3.8) is 0 Å². The van der Waals surface area contributed by atoms with Gasteiger partial charge in [0.05, 0.1) is 12.8 Å². The number of nitrogens with two attached hydrogens (primary N) is 1. The number of carbonyl (C=O) groups excluding carboxylic acids is 1. The molecule has 1 aliphatic carbocycles. The lowest BCUT2D eigenvalue weighted by molar-refractivity contribution is -0.119. The number of rotatable bonds is 3. The summed E-state index contributed by atoms with van der Waals surface area (Å²) in [6.45, 7) is 0. The number of hydrogen-bond acceptors (Lipinski definition) is 3. The predicted octanol–water partition coefficient (Wildman–Crippen LogP) is 2.83. The summed E-state index contributed by atoms with van der Waals surface area (Å²) in [5, 5.41) is 2.90. The molecule has 0 spiro atoms. The first-order valence-electron chi connectivity index (χ1n) is 5.95. The Morgan fingerprint density at radius 3 is 2.61 bits per heavy atom. The highest BCUT2D eigenvalue weighted by Gasteiger charge is 2.22. The van der Waals surface area contributed by atoms with Gasteiger partial charge in [0.2, 0.25) is 5.91 Å². The average molecular weight is 271 g/mol. The quantitative estimate of drug-likeness (QED) is 0.830. The van der Waals surface area contributed by atoms with Crippen LogP contribution in [-0.2, 0) is 4.79 Å². The van der Waals surface area contributed by atoms with Gasteiger partial charge in [-0.05, 0) is 31.0 Å². The summed E-state index contributed by atoms with van der Waals surface area (Å²) in [6, 6.07) is 5.30. The first-order valence-corrected chi connectivity index (χ1v) is 5.95. The summed E-state index contributed by atoms with van der Waals surface area (Å²) >= 11 is 0. The molecule has 4 nitrogen and oxygen atoms in total. The molecule has 1 aromatic carbocycles. The largest absolute Gasteiger partial charge is 0.495 e. The number of hydrogen-bond donors (Lipinski definition) is 2. The van der Waals surface area contributed by atoms with Crippen LogP contribution in [-0.4, -0.2) is 13.0 Å². The SMILES string of the molecule is COc1ccc(NC(=O)C2CCCC2)cc1N.Cl. The minimum absolute atomic E-state index is 0. The van der Waals surface area contributed by atoms with E-state index in [-0.39, 0.29) is 24.2 Å². The molecule has 1 amide bonds. The maximum atomic E-state index is 11.9. The van der Waals surface area contributed by atoms with Crippen molar-refractivity contribution in [2.45, 2.75) is 25.7 Å². The first kappa shape index (κ1) is 14.6. The van der Waals surface area contributed by atoms with Crippen molar-refractivity contribution in [3.8, 4) is 5.75 Å². The van der Waals surface area contributed by atoms with Crippen molar-refractivity contribution >= 4 is 29.7 Å². The highest BCUT2D eigenvalue weighted by atomic mass is 35.5. The lowest BCUT2D eigenvalue weighted by Gasteiger charge is -2.12. The van der Waals surface area contributed by atoms with Crippen LogP contribution in [0.3, 0.4) is 0 Å². The third-order valence-electron chi connectivity index (χ3n) is 3.22. The molecular weight excluding hydrogens is 252 g/mol. The molecule has 0 aliphatic heterocycles. The van der Waals surface area contributed by atoms with Crippen LogP contribution in [0.5, 0.6) is 5.75 Å². The molecule has 0 saturated heterocycles. The van der Waals surface area contributed by atoms with Gasteiger partial charge in [0, 0.05) is 11.6 Å². The zero-order chi connectivity index (χ0) is 12.3. The van der Waals surface area contributed by atoms with Gasteiger partial charge in [-0.2, -0.15) is 0 Å². The molecule has 5 heteroatoms. The Balaban J connectivity index is 0.00000162. The van der Waals surface area contributed by atoms with Crippen LogP contribution in [0.2, 0.25) is 0 Å². The normalized spacial score (nSPS) is 14.9. The van der Waals surface area contributed by atoms with Gasteiger partial charge in [-0.15, -0.1) is 12.4 Å². The molecule has 0 heterocycles. The molecule has 0 aromatic heterocycles. The zero-order valence-corrected chi connectivity index (χ0v) is 11.3. The number of nitrogens with one attached hydrogen (secondary N) is 1. The summed E-state index contributed by atoms with van der Waals surface area (Å²) in [5.41, 5.74) is 7.06. The minimum atomic E-state index is 0. The maximum absolute atomic E-state index is 11.9. The standard InChI is InChI=1S/C13H18N2O2.ClH/c1-17-12-7-6-10(8-11(12)14)15-13(16)9-4-2-3-5-9;/h6-9H,2-5,14H2,1H3,(H,15,16);1H. The van der Waals surface area contributed by atoms with E-state index >= 15 is 0 Å². The molecule has 0 bridgehead atoms. The molecule has 100 valence electrons. The van der Waals surface area contributed by atoms with Crippen LogP contribution in [0, 0.1) is 5.92 Å². The van der Waals surface area contributed by atoms with E-state index in [1.807, 2.05) is 6.07 Å². The van der Waals surface area contributed by atoms with Crippen molar-refractivity contribution in [2.24, 2.45) is 5.92 Å². The average Bonchev–Trinajstić information content (AvgIpc) is 2.82. The molecule has 0 radical (unpaired) electrons. The fourth-order valence-corrected chi connectivity index (χ4v) is 2.24. The van der Waals surface area contributed by atoms with E-state index in [4.69, 9.17) is 10.5 Å². The Bertz CT molecular complexity index is 417. The monoisotopic (exact) mass is 270 g/mol. The molecule has 1 aliphatic rings. The van der Waals surface area contributed by atoms with E-state index in [0.29, 0.717) is 11.4 Å². The Morgan fingerprint density at radius 1 is 1.39 bits per heavy atom. The van der Waals surface area contributed by atoms with Gasteiger partial charge in [0.1, 0.15) is 5.75 Å². The van der Waals surface area contributed by atoms with Crippen molar-refractivity contribution in [1.82, 2.24) is 0 Å². The summed E-state index contributed by atoms with van der Waals surface area (Å²) in [6.07, 6.45) is 4.31. The lowest BCUT2D eigenvalue weighted by Crippen LogP contribution is -2.20. The smallest absolute Gasteiger partial charge is 0.227 e. The van der Waals surface area contributed by atoms with Crippen molar-refractivity contribution in [2.75, 3.05) is 18.2 Å². The van der Waals surface area contributed by atoms with Gasteiger partial charge in [0.15, 0.2) is 0 Å². The minimum Gasteiger partial charge on any atom is -0.495 e. The number of amides is 1. The Hall–Kier alpha value is -1.42. The van der Waals surface area contributed by atoms with Gasteiger partial charge in [0.25, 0.3) is 0 Å². The lowest BCUT2D eigenvalue weighted by atomic mass is 10.1. The molecule has 0 atom stereocenters. The van der Waals surface area contributed by atoms with Gasteiger partial charge < -0.3 is 15.8 Å². The third kappa shape index (κ3) is 3.29. The van der Waals surface area contributed by atoms with Crippen molar-refractivity contribution < 1.29 is 9.53 Å². The van der Waals surface area contributed by atoms with Crippen LogP contribution in [0.1, 0.15) is 25.7 Å². The summed E-state index contributed by atoms with van der Waals surface area (Å²) in [7, 11) is 1.57. The molecule has 2 rings (SSSR count). The van der Waals surface area contributed by atoms with E-state index in [9.17, 15) is 4.79 Å². The van der Waals surface area contributed by atoms with Crippen LogP contribution in [0.25, 0.3) is 0 Å². The second-order valence-electron chi connectivity index (χ2n) is 4.43. The predicted molar refractivity (Wildman–Crippen MR) is 75.2 cm³/mol. The molecule has 1 fully saturated rings. The van der Waals surface area contributed by atoms with Crippen LogP contribution in [0.15, 0.2) is 18.2 Å². The highest BCUT2D eigenvalue weighted by molar-refractivity contribution is 5.93. The van der Waals surface area contributed by atoms with E-state index in [2.05, 4.69) is 5.32 Å². The molecule has 1 saturated carbocycles. The number of methoxy groups -OCH3 is 1. The molecule has 0 unspecified atom stereocenters. The third-order valence-corrected chi connectivity index (χ3v) is 3.22. The first-order chi connectivity index (χ1) is 8.20. The van der Waals surface area contributed by atoms with Crippen LogP contribution >= 0.6 is 12.4 Å². The number of carbonyl (C=O) groups is 1. The Kier molecular flexibility index (Phi) is 5.28. The van der Waals surface area contributed by atoms with E-state index in [0.717, 1.165) is 31.4 Å². The number of halogens is 1. The van der Waals surface area contributed by atoms with E-state index in [1.54, 1.807) is 19.2 Å². The van der Waals surface area contributed by atoms with Crippen LogP contribution in [0.4, 0.5) is 11.4 Å². The fraction of sp³-hybridized carbons (Fsp3) is 0.462. The van der Waals surface area contributed by atoms with E-state index in [1.165, 1.54) is 0 Å². The van der Waals surface area contributed by atoms with Crippen molar-refractivity contribution in [1.29, 1.82) is 0 Å². The molecule has 1 aromatic rings. The Labute approximate surface area is 113 Å². The fourth-order valence-electron chi connectivity index (χ4n) is 2.24. The van der Waals surface area contributed by atoms with Crippen LogP contribution < -0.4 is 15.8 Å². The zero-order valence-electron chi connectivity index (χ0n) is 10.4. The summed E-state index contributed by atoms with van der Waals surface area (Å²) < 4.78 is 5.07.